The number of rotatable bonds is 7. The van der Waals surface area contributed by atoms with Crippen molar-refractivity contribution < 1.29 is 8.42 Å². The van der Waals surface area contributed by atoms with Gasteiger partial charge in [0.1, 0.15) is 0 Å². The van der Waals surface area contributed by atoms with Crippen LogP contribution in [0, 0.1) is 0 Å². The molecule has 0 aromatic heterocycles. The molecular weight excluding hydrogens is 324 g/mol. The van der Waals surface area contributed by atoms with Crippen molar-refractivity contribution in [1.29, 1.82) is 0 Å². The maximum atomic E-state index is 12.5. The molecule has 0 unspecified atom stereocenters. The van der Waals surface area contributed by atoms with E-state index in [1.54, 1.807) is 22.5 Å². The van der Waals surface area contributed by atoms with Crippen LogP contribution in [0.3, 0.4) is 0 Å². The predicted octanol–water partition coefficient (Wildman–Crippen LogP) is 1.71. The number of hydrogen-bond donors (Lipinski definition) is 2. The minimum atomic E-state index is -3.35. The van der Waals surface area contributed by atoms with E-state index < -0.39 is 10.0 Å². The van der Waals surface area contributed by atoms with E-state index in [1.165, 1.54) is 0 Å². The first-order valence-corrected chi connectivity index (χ1v) is 9.74. The van der Waals surface area contributed by atoms with Crippen LogP contribution in [0.5, 0.6) is 0 Å². The van der Waals surface area contributed by atoms with Crippen molar-refractivity contribution in [1.82, 2.24) is 14.9 Å². The fourth-order valence-electron chi connectivity index (χ4n) is 2.53. The van der Waals surface area contributed by atoms with Gasteiger partial charge in [-0.15, -0.1) is 6.58 Å². The van der Waals surface area contributed by atoms with Gasteiger partial charge < -0.3 is 10.6 Å². The second-order valence-electron chi connectivity index (χ2n) is 5.62. The average Bonchev–Trinajstić information content (AvgIpc) is 3.13. The molecule has 1 aliphatic heterocycles. The van der Waals surface area contributed by atoms with Crippen LogP contribution in [0.1, 0.15) is 25.3 Å². The van der Waals surface area contributed by atoms with E-state index in [1.807, 2.05) is 19.1 Å². The van der Waals surface area contributed by atoms with Crippen molar-refractivity contribution in [2.75, 3.05) is 26.2 Å². The Morgan fingerprint density at radius 3 is 2.50 bits per heavy atom. The number of hydrogen-bond acceptors (Lipinski definition) is 3. The number of benzene rings is 1. The highest BCUT2D eigenvalue weighted by atomic mass is 32.2. The lowest BCUT2D eigenvalue weighted by molar-refractivity contribution is 0.477. The van der Waals surface area contributed by atoms with Crippen LogP contribution in [0.4, 0.5) is 0 Å². The molecule has 132 valence electrons. The first-order valence-electron chi connectivity index (χ1n) is 8.30. The Kier molecular flexibility index (Phi) is 6.81. The van der Waals surface area contributed by atoms with Crippen LogP contribution in [0.15, 0.2) is 46.8 Å². The van der Waals surface area contributed by atoms with E-state index in [2.05, 4.69) is 22.2 Å². The Hall–Kier alpha value is -1.86. The molecule has 1 heterocycles. The van der Waals surface area contributed by atoms with Crippen molar-refractivity contribution >= 4 is 16.0 Å². The lowest BCUT2D eigenvalue weighted by Gasteiger charge is -2.15. The van der Waals surface area contributed by atoms with Gasteiger partial charge in [-0.05, 0) is 37.5 Å². The summed E-state index contributed by atoms with van der Waals surface area (Å²) in [5, 5.41) is 6.28. The van der Waals surface area contributed by atoms with Crippen LogP contribution < -0.4 is 10.6 Å². The molecule has 1 aliphatic rings. The monoisotopic (exact) mass is 350 g/mol. The summed E-state index contributed by atoms with van der Waals surface area (Å²) in [6.07, 6.45) is 3.65. The minimum absolute atomic E-state index is 0.355. The molecule has 6 nitrogen and oxygen atoms in total. The van der Waals surface area contributed by atoms with Crippen molar-refractivity contribution in [2.24, 2.45) is 4.99 Å². The second-order valence-corrected chi connectivity index (χ2v) is 7.56. The molecular formula is C17H26N4O2S. The summed E-state index contributed by atoms with van der Waals surface area (Å²) in [7, 11) is -3.35. The number of nitrogens with zero attached hydrogens (tertiary/aromatic N) is 2. The Labute approximate surface area is 144 Å². The Morgan fingerprint density at radius 1 is 1.25 bits per heavy atom. The van der Waals surface area contributed by atoms with Gasteiger partial charge in [0.05, 0.1) is 11.4 Å². The summed E-state index contributed by atoms with van der Waals surface area (Å²) in [6, 6.07) is 6.98. The molecule has 0 saturated carbocycles. The van der Waals surface area contributed by atoms with Crippen molar-refractivity contribution in [3.05, 3.63) is 42.5 Å². The second kappa shape index (κ2) is 8.84. The van der Waals surface area contributed by atoms with E-state index in [-0.39, 0.29) is 0 Å². The summed E-state index contributed by atoms with van der Waals surface area (Å²) in [6.45, 7) is 8.81. The highest BCUT2D eigenvalue weighted by Gasteiger charge is 2.26. The van der Waals surface area contributed by atoms with E-state index >= 15 is 0 Å². The molecule has 0 aliphatic carbocycles. The van der Waals surface area contributed by atoms with Crippen LogP contribution in [-0.2, 0) is 16.6 Å². The SMILES string of the molecule is C=CCNC(=NCc1ccc(S(=O)(=O)N2CCCC2)cc1)NCC. The Morgan fingerprint density at radius 2 is 1.92 bits per heavy atom. The molecule has 0 atom stereocenters. The Bertz CT molecular complexity index is 662. The maximum absolute atomic E-state index is 12.5. The third-order valence-electron chi connectivity index (χ3n) is 3.80. The van der Waals surface area contributed by atoms with Gasteiger partial charge in [0.15, 0.2) is 5.96 Å². The largest absolute Gasteiger partial charge is 0.357 e. The minimum Gasteiger partial charge on any atom is -0.357 e. The molecule has 2 N–H and O–H groups in total. The average molecular weight is 350 g/mol. The summed E-state index contributed by atoms with van der Waals surface area (Å²) >= 11 is 0. The van der Waals surface area contributed by atoms with Crippen LogP contribution in [0.25, 0.3) is 0 Å². The molecule has 24 heavy (non-hydrogen) atoms. The van der Waals surface area contributed by atoms with Crippen LogP contribution in [0.2, 0.25) is 0 Å². The van der Waals surface area contributed by atoms with Gasteiger partial charge in [-0.1, -0.05) is 18.2 Å². The molecule has 0 radical (unpaired) electrons. The fraction of sp³-hybridized carbons (Fsp3) is 0.471. The Balaban J connectivity index is 2.04. The standard InChI is InChI=1S/C17H26N4O2S/c1-3-11-19-17(18-4-2)20-14-15-7-9-16(10-8-15)24(22,23)21-12-5-6-13-21/h3,7-10H,1,4-6,11-14H2,2H3,(H2,18,19,20). The van der Waals surface area contributed by atoms with Gasteiger partial charge in [0.2, 0.25) is 10.0 Å². The first-order chi connectivity index (χ1) is 11.6. The number of guanidine groups is 1. The lowest BCUT2D eigenvalue weighted by Crippen LogP contribution is -2.37. The molecule has 0 amide bonds. The van der Waals surface area contributed by atoms with Gasteiger partial charge in [0.25, 0.3) is 0 Å². The lowest BCUT2D eigenvalue weighted by atomic mass is 10.2. The van der Waals surface area contributed by atoms with Crippen molar-refractivity contribution in [3.8, 4) is 0 Å². The molecule has 1 fully saturated rings. The van der Waals surface area contributed by atoms with Gasteiger partial charge in [-0.25, -0.2) is 13.4 Å². The molecule has 0 bridgehead atoms. The smallest absolute Gasteiger partial charge is 0.243 e. The number of nitrogens with one attached hydrogen (secondary N) is 2. The zero-order valence-electron chi connectivity index (χ0n) is 14.2. The topological polar surface area (TPSA) is 73.8 Å². The summed E-state index contributed by atoms with van der Waals surface area (Å²) in [5.74, 6) is 0.714. The quantitative estimate of drug-likeness (QED) is 0.446. The van der Waals surface area contributed by atoms with Gasteiger partial charge in [-0.2, -0.15) is 4.31 Å². The molecule has 1 saturated heterocycles. The van der Waals surface area contributed by atoms with Crippen LogP contribution >= 0.6 is 0 Å². The normalized spacial score (nSPS) is 16.1. The highest BCUT2D eigenvalue weighted by molar-refractivity contribution is 7.89. The van der Waals surface area contributed by atoms with E-state index in [0.717, 1.165) is 24.9 Å². The zero-order chi connectivity index (χ0) is 17.4. The zero-order valence-corrected chi connectivity index (χ0v) is 15.0. The third kappa shape index (κ3) is 4.82. The van der Waals surface area contributed by atoms with Crippen LogP contribution in [-0.4, -0.2) is 44.9 Å². The summed E-state index contributed by atoms with van der Waals surface area (Å²) in [5.41, 5.74) is 0.964. The molecule has 1 aromatic carbocycles. The first kappa shape index (κ1) is 18.5. The highest BCUT2D eigenvalue weighted by Crippen LogP contribution is 2.21. The van der Waals surface area contributed by atoms with E-state index in [4.69, 9.17) is 0 Å². The van der Waals surface area contributed by atoms with E-state index in [0.29, 0.717) is 37.0 Å². The third-order valence-corrected chi connectivity index (χ3v) is 5.72. The molecule has 7 heteroatoms. The summed E-state index contributed by atoms with van der Waals surface area (Å²) in [4.78, 5) is 4.83. The van der Waals surface area contributed by atoms with Crippen molar-refractivity contribution in [3.63, 3.8) is 0 Å². The summed E-state index contributed by atoms with van der Waals surface area (Å²) < 4.78 is 26.5. The van der Waals surface area contributed by atoms with Gasteiger partial charge >= 0.3 is 0 Å². The van der Waals surface area contributed by atoms with Crippen molar-refractivity contribution in [2.45, 2.75) is 31.2 Å². The van der Waals surface area contributed by atoms with Gasteiger partial charge in [0, 0.05) is 26.2 Å². The molecule has 0 spiro atoms. The number of sulfonamides is 1. The predicted molar refractivity (Wildman–Crippen MR) is 97.5 cm³/mol. The van der Waals surface area contributed by atoms with Gasteiger partial charge in [-0.3, -0.25) is 0 Å². The maximum Gasteiger partial charge on any atom is 0.243 e. The van der Waals surface area contributed by atoms with E-state index in [9.17, 15) is 8.42 Å². The number of aliphatic imine (C=N–C) groups is 1. The fourth-order valence-corrected chi connectivity index (χ4v) is 4.04. The molecule has 2 rings (SSSR count). The molecule has 1 aromatic rings.